The van der Waals surface area contributed by atoms with Gasteiger partial charge in [-0.2, -0.15) is 0 Å². The van der Waals surface area contributed by atoms with Gasteiger partial charge in [0.1, 0.15) is 5.52 Å². The summed E-state index contributed by atoms with van der Waals surface area (Å²) in [5.74, 6) is 0. The van der Waals surface area contributed by atoms with Crippen LogP contribution in [0.25, 0.3) is 10.9 Å². The van der Waals surface area contributed by atoms with Crippen molar-refractivity contribution in [2.75, 3.05) is 11.9 Å². The Hall–Kier alpha value is -2.14. The molecular weight excluding hydrogens is 254 g/mol. The van der Waals surface area contributed by atoms with E-state index in [1.54, 1.807) is 18.2 Å². The number of pyridine rings is 1. The van der Waals surface area contributed by atoms with Gasteiger partial charge < -0.3 is 5.32 Å². The van der Waals surface area contributed by atoms with Gasteiger partial charge in [0.05, 0.1) is 11.5 Å². The lowest BCUT2D eigenvalue weighted by molar-refractivity contribution is -0.383. The monoisotopic (exact) mass is 263 g/mol. The van der Waals surface area contributed by atoms with Crippen molar-refractivity contribution >= 4 is 33.9 Å². The molecule has 0 radical (unpaired) electrons. The van der Waals surface area contributed by atoms with Crippen molar-refractivity contribution in [1.29, 1.82) is 0 Å². The highest BCUT2D eigenvalue weighted by Gasteiger charge is 2.14. The zero-order valence-electron chi connectivity index (χ0n) is 9.39. The fourth-order valence-electron chi connectivity index (χ4n) is 1.65. The topological polar surface area (TPSA) is 68.1 Å². The third kappa shape index (κ3) is 2.41. The minimum atomic E-state index is -0.445. The second-order valence-corrected chi connectivity index (χ2v) is 4.19. The number of nitro groups is 1. The molecule has 0 amide bonds. The molecule has 92 valence electrons. The summed E-state index contributed by atoms with van der Waals surface area (Å²) < 4.78 is 0. The number of hydrogen-bond acceptors (Lipinski definition) is 4. The van der Waals surface area contributed by atoms with Crippen molar-refractivity contribution in [2.45, 2.75) is 0 Å². The number of rotatable bonds is 4. The number of nitro benzene ring substituents is 1. The van der Waals surface area contributed by atoms with Crippen molar-refractivity contribution in [3.8, 4) is 0 Å². The molecule has 0 fully saturated rings. The molecule has 5 nitrogen and oxygen atoms in total. The summed E-state index contributed by atoms with van der Waals surface area (Å²) >= 11 is 5.68. The lowest BCUT2D eigenvalue weighted by Gasteiger charge is -2.08. The van der Waals surface area contributed by atoms with E-state index in [2.05, 4.69) is 16.9 Å². The Morgan fingerprint density at radius 2 is 2.28 bits per heavy atom. The Morgan fingerprint density at radius 1 is 1.50 bits per heavy atom. The molecular formula is C12H10ClN3O2. The molecule has 1 aromatic heterocycles. The zero-order valence-corrected chi connectivity index (χ0v) is 10.1. The number of nitrogens with one attached hydrogen (secondary N) is 1. The molecule has 0 aliphatic heterocycles. The summed E-state index contributed by atoms with van der Waals surface area (Å²) in [6.07, 6.45) is 1.53. The maximum atomic E-state index is 10.9. The molecule has 0 saturated heterocycles. The molecule has 6 heteroatoms. The van der Waals surface area contributed by atoms with Crippen LogP contribution >= 0.6 is 11.6 Å². The summed E-state index contributed by atoms with van der Waals surface area (Å²) in [5.41, 5.74) is 1.08. The lowest BCUT2D eigenvalue weighted by Crippen LogP contribution is -2.02. The van der Waals surface area contributed by atoms with Crippen LogP contribution in [-0.4, -0.2) is 16.5 Å². The molecule has 0 bridgehead atoms. The number of non-ortho nitro benzene ring substituents is 1. The van der Waals surface area contributed by atoms with Crippen molar-refractivity contribution in [1.82, 2.24) is 4.98 Å². The van der Waals surface area contributed by atoms with Crippen LogP contribution in [0.2, 0.25) is 0 Å². The third-order valence-corrected chi connectivity index (χ3v) is 2.55. The standard InChI is InChI=1S/C12H10ClN3O2/c1-8(13)7-15-10-4-5-11(16(17)18)12-9(10)3-2-6-14-12/h2-6,15H,1,7H2. The van der Waals surface area contributed by atoms with Gasteiger partial charge in [-0.25, -0.2) is 4.98 Å². The van der Waals surface area contributed by atoms with Crippen molar-refractivity contribution in [3.05, 3.63) is 52.2 Å². The molecule has 18 heavy (non-hydrogen) atoms. The maximum absolute atomic E-state index is 10.9. The molecule has 0 aliphatic rings. The van der Waals surface area contributed by atoms with Crippen LogP contribution in [0.1, 0.15) is 0 Å². The molecule has 2 rings (SSSR count). The van der Waals surface area contributed by atoms with Gasteiger partial charge in [-0.1, -0.05) is 18.2 Å². The summed E-state index contributed by atoms with van der Waals surface area (Å²) in [4.78, 5) is 14.5. The van der Waals surface area contributed by atoms with E-state index in [1.165, 1.54) is 12.3 Å². The van der Waals surface area contributed by atoms with E-state index < -0.39 is 4.92 Å². The van der Waals surface area contributed by atoms with Crippen LogP contribution in [0.4, 0.5) is 11.4 Å². The molecule has 0 saturated carbocycles. The van der Waals surface area contributed by atoms with E-state index in [1.807, 2.05) is 0 Å². The molecule has 0 aliphatic carbocycles. The first-order valence-corrected chi connectivity index (χ1v) is 5.56. The molecule has 0 spiro atoms. The molecule has 0 unspecified atom stereocenters. The van der Waals surface area contributed by atoms with E-state index in [4.69, 9.17) is 11.6 Å². The zero-order chi connectivity index (χ0) is 13.1. The Kier molecular flexibility index (Phi) is 3.43. The molecule has 1 aromatic carbocycles. The van der Waals surface area contributed by atoms with Crippen molar-refractivity contribution < 1.29 is 4.92 Å². The third-order valence-electron chi connectivity index (χ3n) is 2.42. The summed E-state index contributed by atoms with van der Waals surface area (Å²) in [7, 11) is 0. The van der Waals surface area contributed by atoms with E-state index >= 15 is 0 Å². The maximum Gasteiger partial charge on any atom is 0.295 e. The predicted molar refractivity (Wildman–Crippen MR) is 71.9 cm³/mol. The first-order valence-electron chi connectivity index (χ1n) is 5.19. The average Bonchev–Trinajstić information content (AvgIpc) is 2.35. The number of fused-ring (bicyclic) bond motifs is 1. The molecule has 0 atom stereocenters. The van der Waals surface area contributed by atoms with Crippen LogP contribution < -0.4 is 5.32 Å². The number of nitrogens with zero attached hydrogens (tertiary/aromatic N) is 2. The summed E-state index contributed by atoms with van der Waals surface area (Å²) in [6.45, 7) is 3.97. The van der Waals surface area contributed by atoms with Gasteiger partial charge in [0.2, 0.25) is 0 Å². The van der Waals surface area contributed by atoms with Gasteiger partial charge in [0, 0.05) is 28.4 Å². The number of benzene rings is 1. The Balaban J connectivity index is 2.53. The number of halogens is 1. The van der Waals surface area contributed by atoms with Crippen LogP contribution in [0.3, 0.4) is 0 Å². The van der Waals surface area contributed by atoms with Crippen LogP contribution in [-0.2, 0) is 0 Å². The van der Waals surface area contributed by atoms with Crippen LogP contribution in [0.15, 0.2) is 42.1 Å². The fraction of sp³-hybridized carbons (Fsp3) is 0.0833. The van der Waals surface area contributed by atoms with E-state index in [9.17, 15) is 10.1 Å². The number of aromatic nitrogens is 1. The smallest absolute Gasteiger partial charge is 0.295 e. The highest BCUT2D eigenvalue weighted by Crippen LogP contribution is 2.29. The molecule has 2 aromatic rings. The van der Waals surface area contributed by atoms with Crippen LogP contribution in [0, 0.1) is 10.1 Å². The number of hydrogen-bond donors (Lipinski definition) is 1. The Morgan fingerprint density at radius 3 is 2.94 bits per heavy atom. The van der Waals surface area contributed by atoms with E-state index in [-0.39, 0.29) is 5.69 Å². The van der Waals surface area contributed by atoms with Gasteiger partial charge in [-0.15, -0.1) is 0 Å². The molecule has 1 heterocycles. The fourth-order valence-corrected chi connectivity index (χ4v) is 1.72. The van der Waals surface area contributed by atoms with Crippen LogP contribution in [0.5, 0.6) is 0 Å². The quantitative estimate of drug-likeness (QED) is 0.679. The normalized spacial score (nSPS) is 10.3. The van der Waals surface area contributed by atoms with Gasteiger partial charge >= 0.3 is 0 Å². The highest BCUT2D eigenvalue weighted by atomic mass is 35.5. The van der Waals surface area contributed by atoms with Gasteiger partial charge in [-0.3, -0.25) is 10.1 Å². The lowest BCUT2D eigenvalue weighted by atomic mass is 10.1. The second-order valence-electron chi connectivity index (χ2n) is 3.66. The van der Waals surface area contributed by atoms with Crippen molar-refractivity contribution in [2.24, 2.45) is 0 Å². The minimum Gasteiger partial charge on any atom is -0.380 e. The van der Waals surface area contributed by atoms with Crippen molar-refractivity contribution in [3.63, 3.8) is 0 Å². The predicted octanol–water partition coefficient (Wildman–Crippen LogP) is 3.31. The van der Waals surface area contributed by atoms with Gasteiger partial charge in [0.15, 0.2) is 0 Å². The average molecular weight is 264 g/mol. The van der Waals surface area contributed by atoms with E-state index in [0.29, 0.717) is 22.5 Å². The minimum absolute atomic E-state index is 0.0131. The Bertz CT molecular complexity index is 628. The summed E-state index contributed by atoms with van der Waals surface area (Å²) in [5, 5.41) is 15.1. The second kappa shape index (κ2) is 5.01. The van der Waals surface area contributed by atoms with E-state index in [0.717, 1.165) is 5.69 Å². The first kappa shape index (κ1) is 12.3. The number of anilines is 1. The van der Waals surface area contributed by atoms with Gasteiger partial charge in [0.25, 0.3) is 5.69 Å². The Labute approximate surface area is 108 Å². The summed E-state index contributed by atoms with van der Waals surface area (Å²) in [6, 6.07) is 6.57. The first-order chi connectivity index (χ1) is 8.59. The van der Waals surface area contributed by atoms with Gasteiger partial charge in [-0.05, 0) is 18.2 Å². The highest BCUT2D eigenvalue weighted by molar-refractivity contribution is 6.29. The largest absolute Gasteiger partial charge is 0.380 e. The molecule has 1 N–H and O–H groups in total. The SMILES string of the molecule is C=C(Cl)CNc1ccc([N+](=O)[O-])c2ncccc12.